The van der Waals surface area contributed by atoms with Gasteiger partial charge in [0.15, 0.2) is 11.6 Å². The van der Waals surface area contributed by atoms with Gasteiger partial charge in [0.2, 0.25) is 10.0 Å². The molecule has 0 unspecified atom stereocenters. The quantitative estimate of drug-likeness (QED) is 0.853. The maximum Gasteiger partial charge on any atom is 0.255 e. The summed E-state index contributed by atoms with van der Waals surface area (Å²) in [6.45, 7) is 5.41. The van der Waals surface area contributed by atoms with E-state index in [1.807, 2.05) is 0 Å². The monoisotopic (exact) mass is 340 g/mol. The van der Waals surface area contributed by atoms with Crippen LogP contribution in [0.2, 0.25) is 5.02 Å². The van der Waals surface area contributed by atoms with E-state index < -0.39 is 43.0 Å². The highest BCUT2D eigenvalue weighted by atomic mass is 35.5. The van der Waals surface area contributed by atoms with Crippen LogP contribution in [0.25, 0.3) is 0 Å². The van der Waals surface area contributed by atoms with Crippen LogP contribution >= 0.6 is 11.6 Å². The SMILES string of the molecule is CCN(C(=O)c1cc(F)c(F)c(S(N)(=O)=O)c1Cl)C(C)C. The molecule has 0 aliphatic heterocycles. The summed E-state index contributed by atoms with van der Waals surface area (Å²) in [5.74, 6) is -3.92. The van der Waals surface area contributed by atoms with Crippen molar-refractivity contribution in [2.75, 3.05) is 6.54 Å². The van der Waals surface area contributed by atoms with Gasteiger partial charge < -0.3 is 4.90 Å². The lowest BCUT2D eigenvalue weighted by molar-refractivity contribution is 0.0716. The van der Waals surface area contributed by atoms with E-state index in [1.165, 1.54) is 4.90 Å². The number of nitrogens with zero attached hydrogens (tertiary/aromatic N) is 1. The van der Waals surface area contributed by atoms with Crippen LogP contribution in [0.15, 0.2) is 11.0 Å². The van der Waals surface area contributed by atoms with E-state index in [0.29, 0.717) is 6.07 Å². The molecule has 0 aromatic heterocycles. The van der Waals surface area contributed by atoms with Crippen molar-refractivity contribution in [3.63, 3.8) is 0 Å². The minimum Gasteiger partial charge on any atom is -0.336 e. The number of rotatable bonds is 4. The molecule has 118 valence electrons. The fourth-order valence-electron chi connectivity index (χ4n) is 1.88. The molecular formula is C12H15ClF2N2O3S. The lowest BCUT2D eigenvalue weighted by atomic mass is 10.1. The molecule has 9 heteroatoms. The van der Waals surface area contributed by atoms with Gasteiger partial charge in [0.05, 0.1) is 10.6 Å². The number of primary sulfonamides is 1. The van der Waals surface area contributed by atoms with Gasteiger partial charge in [-0.05, 0) is 26.8 Å². The third kappa shape index (κ3) is 3.50. The van der Waals surface area contributed by atoms with Crippen molar-refractivity contribution in [2.45, 2.75) is 31.7 Å². The van der Waals surface area contributed by atoms with E-state index in [-0.39, 0.29) is 12.6 Å². The Hall–Kier alpha value is -1.25. The van der Waals surface area contributed by atoms with Crippen molar-refractivity contribution in [2.24, 2.45) is 5.14 Å². The maximum atomic E-state index is 13.6. The molecule has 0 radical (unpaired) electrons. The lowest BCUT2D eigenvalue weighted by Gasteiger charge is -2.26. The van der Waals surface area contributed by atoms with Crippen molar-refractivity contribution in [3.8, 4) is 0 Å². The molecule has 1 rings (SSSR count). The zero-order valence-corrected chi connectivity index (χ0v) is 13.2. The highest BCUT2D eigenvalue weighted by Crippen LogP contribution is 2.30. The average Bonchev–Trinajstić information content (AvgIpc) is 2.32. The highest BCUT2D eigenvalue weighted by molar-refractivity contribution is 7.89. The first-order valence-corrected chi connectivity index (χ1v) is 7.96. The predicted molar refractivity (Wildman–Crippen MR) is 74.6 cm³/mol. The van der Waals surface area contributed by atoms with Crippen LogP contribution in [-0.2, 0) is 10.0 Å². The lowest BCUT2D eigenvalue weighted by Crippen LogP contribution is -2.37. The topological polar surface area (TPSA) is 80.5 Å². The number of sulfonamides is 1. The summed E-state index contributed by atoms with van der Waals surface area (Å²) in [7, 11) is -4.61. The second-order valence-corrected chi connectivity index (χ2v) is 6.47. The molecule has 0 saturated carbocycles. The Morgan fingerprint density at radius 1 is 1.43 bits per heavy atom. The van der Waals surface area contributed by atoms with E-state index in [2.05, 4.69) is 0 Å². The third-order valence-electron chi connectivity index (χ3n) is 2.86. The zero-order chi connectivity index (χ0) is 16.5. The molecule has 0 aliphatic carbocycles. The fraction of sp³-hybridized carbons (Fsp3) is 0.417. The first kappa shape index (κ1) is 17.8. The maximum absolute atomic E-state index is 13.6. The van der Waals surface area contributed by atoms with Crippen molar-refractivity contribution >= 4 is 27.5 Å². The van der Waals surface area contributed by atoms with Crippen LogP contribution in [0.5, 0.6) is 0 Å². The van der Waals surface area contributed by atoms with Crippen LogP contribution in [0, 0.1) is 11.6 Å². The number of hydrogen-bond donors (Lipinski definition) is 1. The van der Waals surface area contributed by atoms with E-state index >= 15 is 0 Å². The number of halogens is 3. The van der Waals surface area contributed by atoms with Crippen LogP contribution < -0.4 is 5.14 Å². The molecule has 1 amide bonds. The summed E-state index contributed by atoms with van der Waals surface area (Å²) in [5.41, 5.74) is -0.449. The molecule has 1 aromatic rings. The minimum atomic E-state index is -4.61. The summed E-state index contributed by atoms with van der Waals surface area (Å²) in [6.07, 6.45) is 0. The van der Waals surface area contributed by atoms with Gasteiger partial charge in [-0.15, -0.1) is 0 Å². The van der Waals surface area contributed by atoms with Gasteiger partial charge >= 0.3 is 0 Å². The molecular weight excluding hydrogens is 326 g/mol. The van der Waals surface area contributed by atoms with Gasteiger partial charge in [0.1, 0.15) is 4.90 Å². The Labute approximate surface area is 126 Å². The summed E-state index contributed by atoms with van der Waals surface area (Å²) in [6, 6.07) is 0.337. The number of hydrogen-bond acceptors (Lipinski definition) is 3. The normalized spacial score (nSPS) is 11.8. The summed E-state index contributed by atoms with van der Waals surface area (Å²) < 4.78 is 49.8. The third-order valence-corrected chi connectivity index (χ3v) is 4.31. The molecule has 0 atom stereocenters. The first-order chi connectivity index (χ1) is 9.52. The molecule has 0 spiro atoms. The van der Waals surface area contributed by atoms with Crippen LogP contribution in [0.3, 0.4) is 0 Å². The van der Waals surface area contributed by atoms with Crippen molar-refractivity contribution < 1.29 is 22.0 Å². The Bertz CT molecular complexity index is 678. The zero-order valence-electron chi connectivity index (χ0n) is 11.7. The Balaban J connectivity index is 3.60. The van der Waals surface area contributed by atoms with Gasteiger partial charge in [-0.2, -0.15) is 0 Å². The second-order valence-electron chi connectivity index (χ2n) is 4.59. The molecule has 2 N–H and O–H groups in total. The molecule has 0 bridgehead atoms. The average molecular weight is 341 g/mol. The number of amides is 1. The molecule has 0 fully saturated rings. The molecule has 1 aromatic carbocycles. The van der Waals surface area contributed by atoms with Crippen molar-refractivity contribution in [1.82, 2.24) is 4.90 Å². The number of carbonyl (C=O) groups excluding carboxylic acids is 1. The van der Waals surface area contributed by atoms with E-state index in [1.54, 1.807) is 20.8 Å². The molecule has 0 heterocycles. The minimum absolute atomic E-state index is 0.232. The van der Waals surface area contributed by atoms with E-state index in [4.69, 9.17) is 16.7 Å². The second kappa shape index (κ2) is 6.25. The van der Waals surface area contributed by atoms with Gasteiger partial charge in [-0.3, -0.25) is 4.79 Å². The Kier molecular flexibility index (Phi) is 5.30. The number of carbonyl (C=O) groups is 1. The standard InChI is InChI=1S/C12H15ClF2N2O3S/c1-4-17(6(2)3)12(18)7-5-8(14)10(15)11(9(7)13)21(16,19)20/h5-6H,4H2,1-3H3,(H2,16,19,20). The van der Waals surface area contributed by atoms with Crippen LogP contribution in [0.1, 0.15) is 31.1 Å². The van der Waals surface area contributed by atoms with Crippen LogP contribution in [-0.4, -0.2) is 31.8 Å². The van der Waals surface area contributed by atoms with Gasteiger partial charge in [-0.1, -0.05) is 11.6 Å². The highest BCUT2D eigenvalue weighted by Gasteiger charge is 2.29. The number of benzene rings is 1. The van der Waals surface area contributed by atoms with Crippen molar-refractivity contribution in [1.29, 1.82) is 0 Å². The summed E-state index contributed by atoms with van der Waals surface area (Å²) in [4.78, 5) is 12.4. The van der Waals surface area contributed by atoms with E-state index in [9.17, 15) is 22.0 Å². The molecule has 0 aliphatic rings. The molecule has 21 heavy (non-hydrogen) atoms. The number of nitrogens with two attached hydrogens (primary N) is 1. The van der Waals surface area contributed by atoms with Gasteiger partial charge in [0.25, 0.3) is 5.91 Å². The first-order valence-electron chi connectivity index (χ1n) is 6.03. The Morgan fingerprint density at radius 3 is 2.33 bits per heavy atom. The van der Waals surface area contributed by atoms with Gasteiger partial charge in [0, 0.05) is 12.6 Å². The smallest absolute Gasteiger partial charge is 0.255 e. The fourth-order valence-corrected chi connectivity index (χ4v) is 3.13. The van der Waals surface area contributed by atoms with Crippen LogP contribution in [0.4, 0.5) is 8.78 Å². The Morgan fingerprint density at radius 2 is 1.95 bits per heavy atom. The van der Waals surface area contributed by atoms with Gasteiger partial charge in [-0.25, -0.2) is 22.3 Å². The molecule has 5 nitrogen and oxygen atoms in total. The molecule has 0 saturated heterocycles. The summed E-state index contributed by atoms with van der Waals surface area (Å²) >= 11 is 5.76. The summed E-state index contributed by atoms with van der Waals surface area (Å²) in [5, 5.41) is 4.10. The largest absolute Gasteiger partial charge is 0.336 e. The van der Waals surface area contributed by atoms with Crippen molar-refractivity contribution in [3.05, 3.63) is 28.3 Å². The predicted octanol–water partition coefficient (Wildman–Crippen LogP) is 2.14. The van der Waals surface area contributed by atoms with E-state index in [0.717, 1.165) is 0 Å².